The van der Waals surface area contributed by atoms with Gasteiger partial charge in [-0.2, -0.15) is 0 Å². The topological polar surface area (TPSA) is 66.4 Å². The van der Waals surface area contributed by atoms with Gasteiger partial charge in [0.25, 0.3) is 0 Å². The minimum atomic E-state index is -0.472. The fourth-order valence-electron chi connectivity index (χ4n) is 2.56. The molecule has 1 aliphatic rings. The second kappa shape index (κ2) is 8.84. The third-order valence-electron chi connectivity index (χ3n) is 3.54. The summed E-state index contributed by atoms with van der Waals surface area (Å²) in [5.41, 5.74) is 0. The number of unbranched alkanes of at least 4 members (excludes halogenated alkanes) is 1. The molecule has 0 aliphatic carbocycles. The summed E-state index contributed by atoms with van der Waals surface area (Å²) in [6, 6.07) is 0. The number of ether oxygens (including phenoxy) is 5. The van der Waals surface area contributed by atoms with Gasteiger partial charge in [-0.3, -0.25) is 0 Å². The van der Waals surface area contributed by atoms with E-state index in [1.807, 2.05) is 0 Å². The SMILES string of the molecule is CO[C@@H]1O[C@H](CCCCO)[C@@H](OC)[C@H](OC)[C@H]1OC. The van der Waals surface area contributed by atoms with E-state index in [-0.39, 0.29) is 31.0 Å². The van der Waals surface area contributed by atoms with Crippen molar-refractivity contribution in [2.24, 2.45) is 0 Å². The van der Waals surface area contributed by atoms with Crippen LogP contribution in [0.5, 0.6) is 0 Å². The zero-order chi connectivity index (χ0) is 14.3. The zero-order valence-corrected chi connectivity index (χ0v) is 12.2. The molecule has 0 saturated carbocycles. The van der Waals surface area contributed by atoms with Crippen LogP contribution in [0.3, 0.4) is 0 Å². The van der Waals surface area contributed by atoms with Crippen molar-refractivity contribution >= 4 is 0 Å². The van der Waals surface area contributed by atoms with Gasteiger partial charge in [0, 0.05) is 35.0 Å². The van der Waals surface area contributed by atoms with Crippen LogP contribution in [0.4, 0.5) is 0 Å². The van der Waals surface area contributed by atoms with Gasteiger partial charge < -0.3 is 28.8 Å². The number of aliphatic hydroxyl groups is 1. The van der Waals surface area contributed by atoms with Crippen LogP contribution >= 0.6 is 0 Å². The first-order chi connectivity index (χ1) is 9.23. The minimum absolute atomic E-state index is 0.127. The first-order valence-corrected chi connectivity index (χ1v) is 6.61. The zero-order valence-electron chi connectivity index (χ0n) is 12.2. The van der Waals surface area contributed by atoms with Gasteiger partial charge in [0.15, 0.2) is 6.29 Å². The highest BCUT2D eigenvalue weighted by atomic mass is 16.7. The van der Waals surface area contributed by atoms with Gasteiger partial charge in [-0.1, -0.05) is 0 Å². The molecule has 0 bridgehead atoms. The summed E-state index contributed by atoms with van der Waals surface area (Å²) in [5, 5.41) is 8.85. The number of hydrogen-bond donors (Lipinski definition) is 1. The van der Waals surface area contributed by atoms with Crippen LogP contribution in [0.15, 0.2) is 0 Å². The van der Waals surface area contributed by atoms with Crippen molar-refractivity contribution in [2.75, 3.05) is 35.0 Å². The Morgan fingerprint density at radius 2 is 1.47 bits per heavy atom. The molecule has 0 unspecified atom stereocenters. The Labute approximate surface area is 114 Å². The summed E-state index contributed by atoms with van der Waals surface area (Å²) in [5.74, 6) is 0. The van der Waals surface area contributed by atoms with Gasteiger partial charge >= 0.3 is 0 Å². The average molecular weight is 278 g/mol. The second-order valence-corrected chi connectivity index (χ2v) is 4.60. The Kier molecular flexibility index (Phi) is 7.82. The van der Waals surface area contributed by atoms with Gasteiger partial charge in [-0.05, 0) is 19.3 Å². The van der Waals surface area contributed by atoms with E-state index in [4.69, 9.17) is 28.8 Å². The first-order valence-electron chi connectivity index (χ1n) is 6.61. The fourth-order valence-corrected chi connectivity index (χ4v) is 2.56. The lowest BCUT2D eigenvalue weighted by Crippen LogP contribution is -2.59. The summed E-state index contributed by atoms with van der Waals surface area (Å²) in [7, 11) is 6.46. The van der Waals surface area contributed by atoms with E-state index in [2.05, 4.69) is 0 Å². The molecule has 19 heavy (non-hydrogen) atoms. The van der Waals surface area contributed by atoms with Gasteiger partial charge in [-0.25, -0.2) is 0 Å². The van der Waals surface area contributed by atoms with Crippen molar-refractivity contribution < 1.29 is 28.8 Å². The van der Waals surface area contributed by atoms with Gasteiger partial charge in [-0.15, -0.1) is 0 Å². The highest BCUT2D eigenvalue weighted by Crippen LogP contribution is 2.29. The van der Waals surface area contributed by atoms with Crippen molar-refractivity contribution in [2.45, 2.75) is 50.0 Å². The number of hydrogen-bond acceptors (Lipinski definition) is 6. The second-order valence-electron chi connectivity index (χ2n) is 4.60. The largest absolute Gasteiger partial charge is 0.396 e. The molecule has 1 aliphatic heterocycles. The predicted molar refractivity (Wildman–Crippen MR) is 69.0 cm³/mol. The molecule has 0 amide bonds. The van der Waals surface area contributed by atoms with Crippen LogP contribution in [0.1, 0.15) is 19.3 Å². The Morgan fingerprint density at radius 1 is 0.842 bits per heavy atom. The smallest absolute Gasteiger partial charge is 0.186 e. The van der Waals surface area contributed by atoms with E-state index in [0.29, 0.717) is 0 Å². The van der Waals surface area contributed by atoms with Crippen molar-refractivity contribution in [3.05, 3.63) is 0 Å². The molecule has 0 aromatic heterocycles. The predicted octanol–water partition coefficient (Wildman–Crippen LogP) is 0.565. The Balaban J connectivity index is 2.74. The van der Waals surface area contributed by atoms with Crippen molar-refractivity contribution in [1.82, 2.24) is 0 Å². The van der Waals surface area contributed by atoms with Gasteiger partial charge in [0.2, 0.25) is 0 Å². The molecule has 0 radical (unpaired) electrons. The molecule has 114 valence electrons. The minimum Gasteiger partial charge on any atom is -0.396 e. The van der Waals surface area contributed by atoms with E-state index in [1.54, 1.807) is 28.4 Å². The molecule has 1 fully saturated rings. The third-order valence-corrected chi connectivity index (χ3v) is 3.54. The summed E-state index contributed by atoms with van der Waals surface area (Å²) >= 11 is 0. The van der Waals surface area contributed by atoms with Crippen LogP contribution < -0.4 is 0 Å². The van der Waals surface area contributed by atoms with Crippen LogP contribution in [0.2, 0.25) is 0 Å². The van der Waals surface area contributed by atoms with Crippen molar-refractivity contribution in [1.29, 1.82) is 0 Å². The monoisotopic (exact) mass is 278 g/mol. The van der Waals surface area contributed by atoms with Gasteiger partial charge in [0.1, 0.15) is 18.3 Å². The molecule has 1 heterocycles. The van der Waals surface area contributed by atoms with E-state index < -0.39 is 6.29 Å². The van der Waals surface area contributed by atoms with Crippen LogP contribution in [0, 0.1) is 0 Å². The molecule has 0 spiro atoms. The van der Waals surface area contributed by atoms with Crippen LogP contribution in [-0.4, -0.2) is 70.9 Å². The number of aliphatic hydroxyl groups excluding tert-OH is 1. The van der Waals surface area contributed by atoms with Crippen LogP contribution in [0.25, 0.3) is 0 Å². The van der Waals surface area contributed by atoms with Crippen molar-refractivity contribution in [3.63, 3.8) is 0 Å². The highest BCUT2D eigenvalue weighted by Gasteiger charge is 2.46. The lowest BCUT2D eigenvalue weighted by atomic mass is 9.95. The fraction of sp³-hybridized carbons (Fsp3) is 1.00. The first kappa shape index (κ1) is 16.8. The standard InChI is InChI=1S/C13H26O6/c1-15-10-9(7-5-6-8-14)19-13(18-4)12(17-3)11(10)16-2/h9-14H,5-8H2,1-4H3/t9-,10-,11+,12-,13-/m1/s1. The average Bonchev–Trinajstić information content (AvgIpc) is 2.45. The molecule has 5 atom stereocenters. The summed E-state index contributed by atoms with van der Waals surface area (Å²) < 4.78 is 27.6. The Bertz CT molecular complexity index is 237. The molecule has 1 saturated heterocycles. The normalized spacial score (nSPS) is 35.5. The molecular weight excluding hydrogens is 252 g/mol. The van der Waals surface area contributed by atoms with E-state index >= 15 is 0 Å². The molecule has 6 nitrogen and oxygen atoms in total. The molecule has 0 aromatic carbocycles. The maximum atomic E-state index is 8.85. The summed E-state index contributed by atoms with van der Waals surface area (Å²) in [6.07, 6.45) is 1.03. The molecule has 1 N–H and O–H groups in total. The lowest BCUT2D eigenvalue weighted by molar-refractivity contribution is -0.303. The molecule has 1 rings (SSSR count). The lowest BCUT2D eigenvalue weighted by Gasteiger charge is -2.44. The molecule has 6 heteroatoms. The van der Waals surface area contributed by atoms with E-state index in [1.165, 1.54) is 0 Å². The van der Waals surface area contributed by atoms with Gasteiger partial charge in [0.05, 0.1) is 6.10 Å². The van der Waals surface area contributed by atoms with Crippen molar-refractivity contribution in [3.8, 4) is 0 Å². The summed E-state index contributed by atoms with van der Waals surface area (Å²) in [6.45, 7) is 0.187. The van der Waals surface area contributed by atoms with Crippen LogP contribution in [-0.2, 0) is 23.7 Å². The Hall–Kier alpha value is -0.240. The third kappa shape index (κ3) is 4.11. The molecular formula is C13H26O6. The summed E-state index contributed by atoms with van der Waals surface area (Å²) in [4.78, 5) is 0. The highest BCUT2D eigenvalue weighted by molar-refractivity contribution is 4.92. The molecule has 0 aromatic rings. The number of rotatable bonds is 8. The Morgan fingerprint density at radius 3 is 1.95 bits per heavy atom. The van der Waals surface area contributed by atoms with E-state index in [0.717, 1.165) is 19.3 Å². The van der Waals surface area contributed by atoms with E-state index in [9.17, 15) is 0 Å². The quantitative estimate of drug-likeness (QED) is 0.655. The maximum Gasteiger partial charge on any atom is 0.186 e. The number of methoxy groups -OCH3 is 4. The maximum absolute atomic E-state index is 8.85.